The van der Waals surface area contributed by atoms with Crippen molar-refractivity contribution < 1.29 is 28.5 Å². The summed E-state index contributed by atoms with van der Waals surface area (Å²) in [4.78, 5) is 43.7. The summed E-state index contributed by atoms with van der Waals surface area (Å²) in [6.07, 6.45) is 6.36. The Kier molecular flexibility index (Phi) is 18.2. The van der Waals surface area contributed by atoms with Crippen LogP contribution in [0.5, 0.6) is 0 Å². The monoisotopic (exact) mass is 711 g/mol. The minimum atomic E-state index is -4.44. The molecule has 2 fully saturated rings. The van der Waals surface area contributed by atoms with E-state index in [9.17, 15) is 22.8 Å². The number of halogens is 4. The van der Waals surface area contributed by atoms with Crippen LogP contribution in [-0.4, -0.2) is 58.3 Å². The summed E-state index contributed by atoms with van der Waals surface area (Å²) in [6.45, 7) is 3.63. The minimum absolute atomic E-state index is 0. The lowest BCUT2D eigenvalue weighted by molar-refractivity contribution is -0.115. The standard InChI is InChI=1S/C29H32F3N7O2S.ClH.4H3N.4H2/c30-29(31,32)42-23-9-7-8-22(18-23)33-25(41)19-24(40)20-10-12-21(13-11-20)34-26-35-27(38-14-3-1-4-15-38)37-28(36-26)39-16-5-2-6-17-39;;;;;;;;;/h7-13,18H,1-6,14-17,19H2,(H,33,41)(H,34,35,36,37);1H;4*1H3;4*1H. The number of ketones is 1. The first-order valence-electron chi connectivity index (χ1n) is 14.0. The number of carbonyl (C=O) groups excluding carboxylic acids is 2. The van der Waals surface area contributed by atoms with Crippen molar-refractivity contribution in [3.63, 3.8) is 0 Å². The van der Waals surface area contributed by atoms with Crippen LogP contribution < -0.4 is 45.0 Å². The maximum atomic E-state index is 12.7. The van der Waals surface area contributed by atoms with Crippen LogP contribution in [0.2, 0.25) is 0 Å². The molecular formula is C29H53ClF3N11O2S. The number of nitrogens with zero attached hydrogens (tertiary/aromatic N) is 5. The maximum absolute atomic E-state index is 12.7. The normalized spacial score (nSPS) is 14.1. The molecule has 18 heteroatoms. The van der Waals surface area contributed by atoms with Crippen LogP contribution in [0.4, 0.5) is 42.4 Å². The summed E-state index contributed by atoms with van der Waals surface area (Å²) >= 11 is -0.271. The lowest BCUT2D eigenvalue weighted by atomic mass is 10.1. The smallest absolute Gasteiger partial charge is 0.344 e. The van der Waals surface area contributed by atoms with E-state index in [0.29, 0.717) is 29.1 Å². The van der Waals surface area contributed by atoms with Crippen molar-refractivity contribution in [1.29, 1.82) is 0 Å². The second-order valence-corrected chi connectivity index (χ2v) is 11.4. The first kappa shape index (κ1) is 43.3. The van der Waals surface area contributed by atoms with E-state index in [-0.39, 0.29) is 65.1 Å². The Balaban J connectivity index is -0.000000784. The zero-order valence-corrected chi connectivity index (χ0v) is 27.9. The highest BCUT2D eigenvalue weighted by molar-refractivity contribution is 8.00. The number of rotatable bonds is 9. The predicted molar refractivity (Wildman–Crippen MR) is 193 cm³/mol. The van der Waals surface area contributed by atoms with E-state index in [4.69, 9.17) is 15.0 Å². The molecule has 0 saturated carbocycles. The van der Waals surface area contributed by atoms with Gasteiger partial charge in [-0.3, -0.25) is 9.59 Å². The summed E-state index contributed by atoms with van der Waals surface area (Å²) in [5.41, 5.74) is -3.24. The van der Waals surface area contributed by atoms with Crippen molar-refractivity contribution in [2.45, 2.75) is 55.3 Å². The minimum Gasteiger partial charge on any atom is -0.344 e. The zero-order valence-electron chi connectivity index (χ0n) is 26.2. The summed E-state index contributed by atoms with van der Waals surface area (Å²) in [6, 6.07) is 12.0. The van der Waals surface area contributed by atoms with Gasteiger partial charge in [0.05, 0.1) is 6.42 Å². The topological polar surface area (TPSA) is 243 Å². The van der Waals surface area contributed by atoms with E-state index in [0.717, 1.165) is 51.9 Å². The van der Waals surface area contributed by atoms with Gasteiger partial charge in [-0.25, -0.2) is 0 Å². The van der Waals surface area contributed by atoms with E-state index in [1.807, 2.05) is 0 Å². The molecule has 0 radical (unpaired) electrons. The van der Waals surface area contributed by atoms with Crippen LogP contribution in [0.25, 0.3) is 0 Å². The summed E-state index contributed by atoms with van der Waals surface area (Å²) in [5.74, 6) is 0.716. The van der Waals surface area contributed by atoms with Gasteiger partial charge in [-0.2, -0.15) is 28.1 Å². The molecule has 13 nitrogen and oxygen atoms in total. The molecule has 0 atom stereocenters. The van der Waals surface area contributed by atoms with Gasteiger partial charge < -0.3 is 45.0 Å². The molecule has 47 heavy (non-hydrogen) atoms. The molecule has 0 spiro atoms. The molecule has 3 aromatic rings. The number of carbonyl (C=O) groups is 2. The first-order chi connectivity index (χ1) is 20.2. The van der Waals surface area contributed by atoms with Crippen LogP contribution in [0.15, 0.2) is 53.4 Å². The Morgan fingerprint density at radius 2 is 1.30 bits per heavy atom. The fourth-order valence-corrected chi connectivity index (χ4v) is 5.57. The van der Waals surface area contributed by atoms with E-state index in [1.54, 1.807) is 24.3 Å². The van der Waals surface area contributed by atoms with Gasteiger partial charge in [0, 0.05) is 53.7 Å². The van der Waals surface area contributed by atoms with Crippen molar-refractivity contribution in [3.8, 4) is 0 Å². The summed E-state index contributed by atoms with van der Waals surface area (Å²) in [5, 5.41) is 5.73. The number of hydrogen-bond donors (Lipinski definition) is 6. The first-order valence-corrected chi connectivity index (χ1v) is 14.9. The Morgan fingerprint density at radius 3 is 1.81 bits per heavy atom. The predicted octanol–water partition coefficient (Wildman–Crippen LogP) is 8.47. The van der Waals surface area contributed by atoms with E-state index in [2.05, 4.69) is 20.4 Å². The molecular weight excluding hydrogens is 659 g/mol. The van der Waals surface area contributed by atoms with Crippen LogP contribution in [-0.2, 0) is 4.79 Å². The van der Waals surface area contributed by atoms with E-state index in [1.165, 1.54) is 37.1 Å². The molecule has 14 N–H and O–H groups in total. The molecule has 1 aromatic heterocycles. The van der Waals surface area contributed by atoms with Crippen molar-refractivity contribution in [2.75, 3.05) is 46.6 Å². The maximum Gasteiger partial charge on any atom is 0.446 e. The fourth-order valence-electron chi connectivity index (χ4n) is 4.97. The molecule has 3 heterocycles. The second-order valence-electron chi connectivity index (χ2n) is 10.3. The number of thioether (sulfide) groups is 1. The molecule has 0 bridgehead atoms. The number of nitrogens with one attached hydrogen (secondary N) is 2. The molecule has 2 aliphatic heterocycles. The third-order valence-electron chi connectivity index (χ3n) is 7.03. The number of alkyl halides is 3. The van der Waals surface area contributed by atoms with Gasteiger partial charge in [-0.1, -0.05) is 6.07 Å². The molecule has 2 aromatic carbocycles. The highest BCUT2D eigenvalue weighted by Crippen LogP contribution is 2.37. The van der Waals surface area contributed by atoms with Gasteiger partial charge in [0.25, 0.3) is 0 Å². The highest BCUT2D eigenvalue weighted by atomic mass is 35.5. The number of aromatic nitrogens is 3. The van der Waals surface area contributed by atoms with Crippen LogP contribution in [0.1, 0.15) is 61.0 Å². The molecule has 5 rings (SSSR count). The molecule has 2 saturated heterocycles. The quantitative estimate of drug-likeness (QED) is 0.0693. The Morgan fingerprint density at radius 1 is 0.766 bits per heavy atom. The summed E-state index contributed by atoms with van der Waals surface area (Å²) in [7, 11) is 0. The SMILES string of the molecule is Cl.N.N.N.N.O=C(CC(=O)c1ccc(Nc2nc(N3CCCCC3)nc(N3CCCCC3)n2)cc1)Nc1cccc(SC(F)(F)F)c1.[HH].[HH].[HH].[HH]. The van der Waals surface area contributed by atoms with Gasteiger partial charge in [-0.15, -0.1) is 12.4 Å². The van der Waals surface area contributed by atoms with Crippen molar-refractivity contribution in [1.82, 2.24) is 39.6 Å². The third kappa shape index (κ3) is 12.8. The number of hydrogen-bond acceptors (Lipinski definition) is 13. The van der Waals surface area contributed by atoms with Gasteiger partial charge in [0.2, 0.25) is 23.8 Å². The van der Waals surface area contributed by atoms with Gasteiger partial charge in [0.1, 0.15) is 0 Å². The Labute approximate surface area is 288 Å². The molecule has 0 unspecified atom stereocenters. The Hall–Kier alpha value is -3.74. The fraction of sp³-hybridized carbons (Fsp3) is 0.414. The van der Waals surface area contributed by atoms with Crippen LogP contribution in [0, 0.1) is 0 Å². The molecule has 0 aliphatic carbocycles. The zero-order chi connectivity index (χ0) is 29.5. The number of Topliss-reactive ketones (excluding diaryl/α,β-unsaturated/α-hetero) is 1. The third-order valence-corrected chi connectivity index (χ3v) is 7.75. The molecule has 2 aliphatic rings. The van der Waals surface area contributed by atoms with Crippen molar-refractivity contribution >= 4 is 65.1 Å². The highest BCUT2D eigenvalue weighted by Gasteiger charge is 2.29. The van der Waals surface area contributed by atoms with Gasteiger partial charge >= 0.3 is 5.51 Å². The number of anilines is 5. The molecule has 270 valence electrons. The number of piperidine rings is 2. The van der Waals surface area contributed by atoms with Crippen LogP contribution >= 0.6 is 24.2 Å². The average Bonchev–Trinajstić information content (AvgIpc) is 2.97. The molecule has 1 amide bonds. The van der Waals surface area contributed by atoms with Gasteiger partial charge in [0.15, 0.2) is 5.78 Å². The summed E-state index contributed by atoms with van der Waals surface area (Å²) < 4.78 is 37.9. The lowest BCUT2D eigenvalue weighted by Gasteiger charge is -2.30. The Bertz CT molecular complexity index is 1390. The van der Waals surface area contributed by atoms with E-state index < -0.39 is 23.6 Å². The lowest BCUT2D eigenvalue weighted by Crippen LogP contribution is -2.34. The van der Waals surface area contributed by atoms with Gasteiger partial charge in [-0.05, 0) is 92.8 Å². The van der Waals surface area contributed by atoms with Crippen molar-refractivity contribution in [2.24, 2.45) is 0 Å². The average molecular weight is 712 g/mol. The van der Waals surface area contributed by atoms with Crippen LogP contribution in [0.3, 0.4) is 0 Å². The second kappa shape index (κ2) is 19.8. The number of benzene rings is 2. The number of amides is 1. The van der Waals surface area contributed by atoms with Crippen molar-refractivity contribution in [3.05, 3.63) is 54.1 Å². The largest absolute Gasteiger partial charge is 0.446 e. The van der Waals surface area contributed by atoms with E-state index >= 15 is 0 Å².